The van der Waals surface area contributed by atoms with E-state index in [-0.39, 0.29) is 25.4 Å². The Morgan fingerprint density at radius 3 is 2.67 bits per heavy atom. The number of nitrogens with zero attached hydrogens (tertiary/aromatic N) is 9. The smallest absolute Gasteiger partial charge is 0.261 e. The Kier molecular flexibility index (Phi) is 11.6. The van der Waals surface area contributed by atoms with Crippen LogP contribution in [0.1, 0.15) is 38.6 Å². The van der Waals surface area contributed by atoms with E-state index in [0.717, 1.165) is 57.6 Å². The van der Waals surface area contributed by atoms with Crippen LogP contribution in [0.5, 0.6) is 11.6 Å². The Labute approximate surface area is 281 Å². The fraction of sp³-hybridized carbons (Fsp3) is 0.548. The summed E-state index contributed by atoms with van der Waals surface area (Å²) in [7, 11) is 0. The van der Waals surface area contributed by atoms with Crippen LogP contribution in [-0.2, 0) is 16.0 Å². The zero-order chi connectivity index (χ0) is 33.3. The van der Waals surface area contributed by atoms with Crippen LogP contribution in [0.3, 0.4) is 0 Å². The number of halogens is 3. The molecule has 1 aromatic carbocycles. The number of hydrogen-bond donors (Lipinski definition) is 1. The normalized spacial score (nSPS) is 19.4. The molecule has 48 heavy (non-hydrogen) atoms. The monoisotopic (exact) mass is 688 g/mol. The van der Waals surface area contributed by atoms with Crippen molar-refractivity contribution in [2.24, 2.45) is 0 Å². The Morgan fingerprint density at radius 2 is 1.90 bits per heavy atom. The fourth-order valence-corrected chi connectivity index (χ4v) is 6.15. The van der Waals surface area contributed by atoms with Crippen LogP contribution in [0.4, 0.5) is 20.4 Å². The number of tetrazole rings is 1. The van der Waals surface area contributed by atoms with Crippen LogP contribution in [0, 0.1) is 0 Å². The summed E-state index contributed by atoms with van der Waals surface area (Å²) in [5.41, 5.74) is 1.97. The van der Waals surface area contributed by atoms with Gasteiger partial charge in [-0.1, -0.05) is 17.7 Å². The third-order valence-corrected chi connectivity index (χ3v) is 8.62. The Balaban J connectivity index is 1.15. The molecular formula is C31H39ClF2N10O4. The van der Waals surface area contributed by atoms with E-state index in [1.807, 2.05) is 29.9 Å². The summed E-state index contributed by atoms with van der Waals surface area (Å²) in [5.74, 6) is 1.14. The lowest BCUT2D eigenvalue weighted by Gasteiger charge is -2.38. The molecule has 14 nitrogen and oxygen atoms in total. The van der Waals surface area contributed by atoms with E-state index in [2.05, 4.69) is 30.7 Å². The van der Waals surface area contributed by atoms with Crippen molar-refractivity contribution in [1.82, 2.24) is 44.9 Å². The molecule has 2 aliphatic rings. The molecule has 1 saturated carbocycles. The second kappa shape index (κ2) is 16.4. The molecule has 0 spiro atoms. The summed E-state index contributed by atoms with van der Waals surface area (Å²) < 4.78 is 51.1. The third kappa shape index (κ3) is 9.12. The molecule has 4 aromatic rings. The zero-order valence-corrected chi connectivity index (χ0v) is 27.4. The van der Waals surface area contributed by atoms with Crippen LogP contribution in [0.15, 0.2) is 43.0 Å². The minimum absolute atomic E-state index is 0.00257. The van der Waals surface area contributed by atoms with Crippen molar-refractivity contribution in [3.63, 3.8) is 0 Å². The summed E-state index contributed by atoms with van der Waals surface area (Å²) in [4.78, 5) is 11.7. The van der Waals surface area contributed by atoms with Gasteiger partial charge in [0, 0.05) is 30.9 Å². The van der Waals surface area contributed by atoms with Gasteiger partial charge in [0.05, 0.1) is 49.3 Å². The van der Waals surface area contributed by atoms with Crippen molar-refractivity contribution in [2.75, 3.05) is 51.4 Å². The predicted octanol–water partition coefficient (Wildman–Crippen LogP) is 4.67. The standard InChI is InChI=1S/C31H39ClF2N10O4/c1-21(17-43-20-36-40-41-43)48-28-16-22(2-7-25(28)32)26-8-9-35-31(37-26)38-27-18-44(39-30(27)47-15-14-46-19-29(33)34)24-5-3-23(4-6-24)42-10-12-45-13-11-42/h2,7-9,16,18,20-21,23-24,29H,3-6,10-15,17,19H2,1H3,(H,35,37,38)/t21-,23?,24?/m0/s1. The minimum atomic E-state index is -2.54. The molecule has 1 atom stereocenters. The van der Waals surface area contributed by atoms with Crippen molar-refractivity contribution in [1.29, 1.82) is 0 Å². The maximum atomic E-state index is 12.5. The van der Waals surface area contributed by atoms with Crippen molar-refractivity contribution in [3.05, 3.63) is 48.0 Å². The first-order valence-corrected chi connectivity index (χ1v) is 16.5. The molecule has 0 radical (unpaired) electrons. The molecule has 17 heteroatoms. The van der Waals surface area contributed by atoms with Gasteiger partial charge in [0.25, 0.3) is 12.3 Å². The minimum Gasteiger partial charge on any atom is -0.487 e. The number of rotatable bonds is 15. The number of ether oxygens (including phenoxy) is 4. The lowest BCUT2D eigenvalue weighted by molar-refractivity contribution is 0.00467. The first-order valence-electron chi connectivity index (χ1n) is 16.1. The van der Waals surface area contributed by atoms with Crippen molar-refractivity contribution >= 4 is 23.2 Å². The molecule has 1 aliphatic carbocycles. The Morgan fingerprint density at radius 1 is 1.08 bits per heavy atom. The lowest BCUT2D eigenvalue weighted by atomic mass is 9.90. The topological polar surface area (TPSA) is 139 Å². The Hall–Kier alpha value is -3.99. The van der Waals surface area contributed by atoms with Crippen LogP contribution in [-0.4, -0.2) is 110 Å². The number of anilines is 2. The molecule has 4 heterocycles. The van der Waals surface area contributed by atoms with Gasteiger partial charge >= 0.3 is 0 Å². The van der Waals surface area contributed by atoms with Gasteiger partial charge < -0.3 is 24.3 Å². The van der Waals surface area contributed by atoms with E-state index in [1.165, 1.54) is 6.33 Å². The second-order valence-electron chi connectivity index (χ2n) is 11.7. The highest BCUT2D eigenvalue weighted by Gasteiger charge is 2.29. The van der Waals surface area contributed by atoms with Crippen molar-refractivity contribution in [3.8, 4) is 22.9 Å². The number of alkyl halides is 2. The summed E-state index contributed by atoms with van der Waals surface area (Å²) in [6.45, 7) is 5.28. The quantitative estimate of drug-likeness (QED) is 0.174. The van der Waals surface area contributed by atoms with E-state index in [9.17, 15) is 8.78 Å². The average Bonchev–Trinajstić information content (AvgIpc) is 3.76. The lowest BCUT2D eigenvalue weighted by Crippen LogP contribution is -2.45. The van der Waals surface area contributed by atoms with Gasteiger partial charge in [-0.15, -0.1) is 10.2 Å². The van der Waals surface area contributed by atoms with Crippen LogP contribution in [0.25, 0.3) is 11.3 Å². The molecule has 2 fully saturated rings. The first kappa shape index (κ1) is 33.9. The molecule has 0 unspecified atom stereocenters. The first-order chi connectivity index (χ1) is 23.4. The van der Waals surface area contributed by atoms with Crippen LogP contribution >= 0.6 is 11.6 Å². The molecule has 6 rings (SSSR count). The molecule has 0 bridgehead atoms. The molecule has 1 saturated heterocycles. The van der Waals surface area contributed by atoms with Gasteiger partial charge in [0.2, 0.25) is 5.95 Å². The average molecular weight is 689 g/mol. The summed E-state index contributed by atoms with van der Waals surface area (Å²) in [6, 6.07) is 7.96. The van der Waals surface area contributed by atoms with E-state index in [4.69, 9.17) is 40.6 Å². The van der Waals surface area contributed by atoms with Crippen molar-refractivity contribution < 1.29 is 27.7 Å². The van der Waals surface area contributed by atoms with Crippen LogP contribution in [0.2, 0.25) is 5.02 Å². The summed E-state index contributed by atoms with van der Waals surface area (Å²) >= 11 is 6.46. The number of nitrogens with one attached hydrogen (secondary N) is 1. The SMILES string of the molecule is C[C@@H](Cn1cnnn1)Oc1cc(-c2ccnc(Nc3cn(C4CCC(N5CCOCC5)CC4)nc3OCCOCC(F)F)n2)ccc1Cl. The number of hydrogen-bond acceptors (Lipinski definition) is 12. The molecule has 1 N–H and O–H groups in total. The summed E-state index contributed by atoms with van der Waals surface area (Å²) in [6.07, 6.45) is 6.35. The largest absolute Gasteiger partial charge is 0.487 e. The van der Waals surface area contributed by atoms with Crippen LogP contribution < -0.4 is 14.8 Å². The van der Waals surface area contributed by atoms with Crippen molar-refractivity contribution in [2.45, 2.75) is 63.8 Å². The van der Waals surface area contributed by atoms with Gasteiger partial charge in [0.1, 0.15) is 37.1 Å². The fourth-order valence-electron chi connectivity index (χ4n) is 5.99. The second-order valence-corrected chi connectivity index (χ2v) is 12.2. The van der Waals surface area contributed by atoms with Gasteiger partial charge in [0.15, 0.2) is 0 Å². The predicted molar refractivity (Wildman–Crippen MR) is 172 cm³/mol. The number of morpholine rings is 1. The third-order valence-electron chi connectivity index (χ3n) is 8.30. The molecular weight excluding hydrogens is 650 g/mol. The highest BCUT2D eigenvalue weighted by atomic mass is 35.5. The maximum absolute atomic E-state index is 12.5. The van der Waals surface area contributed by atoms with Gasteiger partial charge in [-0.05, 0) is 61.2 Å². The highest BCUT2D eigenvalue weighted by Crippen LogP contribution is 2.35. The molecule has 0 amide bonds. The highest BCUT2D eigenvalue weighted by molar-refractivity contribution is 6.32. The molecule has 1 aliphatic heterocycles. The number of aromatic nitrogens is 8. The van der Waals surface area contributed by atoms with Gasteiger partial charge in [-0.25, -0.2) is 23.4 Å². The molecule has 258 valence electrons. The summed E-state index contributed by atoms with van der Waals surface area (Å²) in [5, 5.41) is 19.6. The van der Waals surface area contributed by atoms with E-state index in [0.29, 0.717) is 46.6 Å². The number of benzene rings is 1. The van der Waals surface area contributed by atoms with Gasteiger partial charge in [-0.3, -0.25) is 9.58 Å². The Bertz CT molecular complexity index is 1580. The van der Waals surface area contributed by atoms with E-state index in [1.54, 1.807) is 23.0 Å². The maximum Gasteiger partial charge on any atom is 0.261 e. The molecule has 3 aromatic heterocycles. The van der Waals surface area contributed by atoms with Gasteiger partial charge in [-0.2, -0.15) is 0 Å². The van der Waals surface area contributed by atoms with E-state index < -0.39 is 13.0 Å². The van der Waals surface area contributed by atoms with E-state index >= 15 is 0 Å². The zero-order valence-electron chi connectivity index (χ0n) is 26.6.